The molecule has 0 aromatic rings. The van der Waals surface area contributed by atoms with E-state index in [9.17, 15) is 0 Å². The van der Waals surface area contributed by atoms with Gasteiger partial charge in [0.05, 0.1) is 6.61 Å². The molecule has 0 radical (unpaired) electrons. The van der Waals surface area contributed by atoms with Crippen LogP contribution < -0.4 is 11.0 Å². The van der Waals surface area contributed by atoms with E-state index in [2.05, 4.69) is 11.8 Å². The number of rotatable bonds is 3. The fourth-order valence-corrected chi connectivity index (χ4v) is 0.925. The normalized spacial score (nSPS) is 11.9. The largest absolute Gasteiger partial charge is 0.327 e. The lowest BCUT2D eigenvalue weighted by molar-refractivity contribution is 0.350. The van der Waals surface area contributed by atoms with E-state index in [4.69, 9.17) is 15.5 Å². The molecular formula is C3H11N2OPS. The minimum absolute atomic E-state index is 0.574. The molecule has 0 aromatic carbocycles. The van der Waals surface area contributed by atoms with Gasteiger partial charge in [0.25, 0.3) is 0 Å². The summed E-state index contributed by atoms with van der Waals surface area (Å²) in [4.78, 5) is 0. The number of nitrogens with two attached hydrogens (primary N) is 2. The Balaban J connectivity index is 3.26. The Labute approximate surface area is 54.6 Å². The fourth-order valence-electron chi connectivity index (χ4n) is 0.234. The van der Waals surface area contributed by atoms with Crippen molar-refractivity contribution in [2.24, 2.45) is 11.0 Å². The van der Waals surface area contributed by atoms with E-state index in [1.807, 2.05) is 6.92 Å². The van der Waals surface area contributed by atoms with Crippen LogP contribution >= 0.6 is 6.57 Å². The van der Waals surface area contributed by atoms with Crippen LogP contribution in [-0.4, -0.2) is 6.61 Å². The Morgan fingerprint density at radius 3 is 2.25 bits per heavy atom. The van der Waals surface area contributed by atoms with Crippen molar-refractivity contribution in [3.05, 3.63) is 0 Å². The zero-order valence-corrected chi connectivity index (χ0v) is 6.54. The van der Waals surface area contributed by atoms with Crippen LogP contribution in [0.4, 0.5) is 0 Å². The van der Waals surface area contributed by atoms with E-state index in [0.29, 0.717) is 6.61 Å². The second kappa shape index (κ2) is 3.54. The first-order valence-electron chi connectivity index (χ1n) is 2.38. The van der Waals surface area contributed by atoms with E-state index < -0.39 is 6.57 Å². The van der Waals surface area contributed by atoms with Crippen LogP contribution in [0.25, 0.3) is 0 Å². The van der Waals surface area contributed by atoms with Crippen molar-refractivity contribution in [1.82, 2.24) is 0 Å². The van der Waals surface area contributed by atoms with Crippen molar-refractivity contribution in [1.29, 1.82) is 0 Å². The van der Waals surface area contributed by atoms with Crippen LogP contribution in [-0.2, 0) is 16.3 Å². The molecule has 5 heteroatoms. The second-order valence-electron chi connectivity index (χ2n) is 1.48. The first kappa shape index (κ1) is 8.53. The fraction of sp³-hybridized carbons (Fsp3) is 1.00. The van der Waals surface area contributed by atoms with Gasteiger partial charge in [-0.2, -0.15) is 0 Å². The lowest BCUT2D eigenvalue weighted by Gasteiger charge is -2.08. The molecule has 0 aliphatic carbocycles. The van der Waals surface area contributed by atoms with E-state index >= 15 is 0 Å². The quantitative estimate of drug-likeness (QED) is 0.583. The maximum Gasteiger partial charge on any atom is 0.192 e. The lowest BCUT2D eigenvalue weighted by atomic mass is 10.5. The predicted octanol–water partition coefficient (Wildman–Crippen LogP) is 0.555. The minimum atomic E-state index is -2.35. The molecule has 0 saturated carbocycles. The van der Waals surface area contributed by atoms with Gasteiger partial charge in [-0.25, -0.2) is 0 Å². The van der Waals surface area contributed by atoms with Crippen LogP contribution in [0.3, 0.4) is 0 Å². The predicted molar refractivity (Wildman–Crippen MR) is 38.9 cm³/mol. The Bertz CT molecular complexity index is 101. The van der Waals surface area contributed by atoms with E-state index in [1.54, 1.807) is 0 Å². The van der Waals surface area contributed by atoms with Gasteiger partial charge >= 0.3 is 0 Å². The molecule has 0 atom stereocenters. The van der Waals surface area contributed by atoms with Gasteiger partial charge in [0.15, 0.2) is 6.57 Å². The summed E-state index contributed by atoms with van der Waals surface area (Å²) in [6.45, 7) is 0.202. The molecule has 8 heavy (non-hydrogen) atoms. The van der Waals surface area contributed by atoms with Gasteiger partial charge in [-0.3, -0.25) is 11.0 Å². The Hall–Kier alpha value is 0.530. The van der Waals surface area contributed by atoms with Crippen LogP contribution in [0.15, 0.2) is 0 Å². The third-order valence-electron chi connectivity index (χ3n) is 0.497. The number of hydrogen-bond acceptors (Lipinski definition) is 2. The van der Waals surface area contributed by atoms with Gasteiger partial charge in [-0.15, -0.1) is 0 Å². The molecule has 0 amide bonds. The zero-order chi connectivity index (χ0) is 6.62. The lowest BCUT2D eigenvalue weighted by Crippen LogP contribution is -2.07. The maximum atomic E-state index is 5.20. The van der Waals surface area contributed by atoms with Crippen molar-refractivity contribution in [2.45, 2.75) is 13.3 Å². The second-order valence-corrected chi connectivity index (χ2v) is 4.74. The van der Waals surface area contributed by atoms with Gasteiger partial charge in [-0.05, 0) is 18.2 Å². The van der Waals surface area contributed by atoms with Gasteiger partial charge in [-0.1, -0.05) is 6.92 Å². The van der Waals surface area contributed by atoms with Crippen LogP contribution in [0, 0.1) is 0 Å². The topological polar surface area (TPSA) is 61.3 Å². The SMILES string of the molecule is CCCOP(N)(N)=S. The van der Waals surface area contributed by atoms with Crippen molar-refractivity contribution in [3.8, 4) is 0 Å². The molecule has 0 unspecified atom stereocenters. The monoisotopic (exact) mass is 154 g/mol. The third-order valence-corrected chi connectivity index (χ3v) is 1.40. The minimum Gasteiger partial charge on any atom is -0.327 e. The molecule has 0 aromatic heterocycles. The Morgan fingerprint density at radius 2 is 2.12 bits per heavy atom. The molecule has 0 aliphatic rings. The standard InChI is InChI=1S/C3H11N2OPS/c1-2-3-6-7(4,5)8/h2-3H2,1H3,(H4,4,5,8). The molecule has 50 valence electrons. The average molecular weight is 154 g/mol. The summed E-state index contributed by atoms with van der Waals surface area (Å²) in [6.07, 6.45) is 0.910. The molecule has 0 aliphatic heterocycles. The highest BCUT2D eigenvalue weighted by molar-refractivity contribution is 8.10. The summed E-state index contributed by atoms with van der Waals surface area (Å²) in [7, 11) is 0. The summed E-state index contributed by atoms with van der Waals surface area (Å²) in [5, 5.41) is 0. The highest BCUT2D eigenvalue weighted by Crippen LogP contribution is 2.26. The molecule has 0 spiro atoms. The average Bonchev–Trinajstić information content (AvgIpc) is 1.59. The highest BCUT2D eigenvalue weighted by Gasteiger charge is 1.99. The summed E-state index contributed by atoms with van der Waals surface area (Å²) in [6, 6.07) is 0. The van der Waals surface area contributed by atoms with Gasteiger partial charge in [0, 0.05) is 0 Å². The smallest absolute Gasteiger partial charge is 0.192 e. The van der Waals surface area contributed by atoms with Gasteiger partial charge < -0.3 is 4.52 Å². The maximum absolute atomic E-state index is 5.20. The molecule has 0 bridgehead atoms. The summed E-state index contributed by atoms with van der Waals surface area (Å²) in [5.74, 6) is 0. The van der Waals surface area contributed by atoms with Crippen molar-refractivity contribution in [3.63, 3.8) is 0 Å². The molecule has 4 N–H and O–H groups in total. The van der Waals surface area contributed by atoms with Gasteiger partial charge in [0.1, 0.15) is 0 Å². The third kappa shape index (κ3) is 6.53. The Kier molecular flexibility index (Phi) is 3.77. The highest BCUT2D eigenvalue weighted by atomic mass is 32.4. The molecule has 0 fully saturated rings. The molecule has 0 rings (SSSR count). The summed E-state index contributed by atoms with van der Waals surface area (Å²) < 4.78 is 4.86. The van der Waals surface area contributed by atoms with Crippen LogP contribution in [0.2, 0.25) is 0 Å². The van der Waals surface area contributed by atoms with Crippen LogP contribution in [0.5, 0.6) is 0 Å². The first-order valence-corrected chi connectivity index (χ1v) is 5.24. The summed E-state index contributed by atoms with van der Waals surface area (Å²) >= 11 is 4.59. The van der Waals surface area contributed by atoms with E-state index in [0.717, 1.165) is 6.42 Å². The summed E-state index contributed by atoms with van der Waals surface area (Å²) in [5.41, 5.74) is 10.4. The molecule has 3 nitrogen and oxygen atoms in total. The first-order chi connectivity index (χ1) is 3.56. The van der Waals surface area contributed by atoms with Gasteiger partial charge in [0.2, 0.25) is 0 Å². The number of hydrogen-bond donors (Lipinski definition) is 2. The zero-order valence-electron chi connectivity index (χ0n) is 4.83. The van der Waals surface area contributed by atoms with Crippen molar-refractivity contribution >= 4 is 18.4 Å². The van der Waals surface area contributed by atoms with E-state index in [1.165, 1.54) is 0 Å². The van der Waals surface area contributed by atoms with Crippen molar-refractivity contribution < 1.29 is 4.52 Å². The molecule has 0 heterocycles. The van der Waals surface area contributed by atoms with Crippen molar-refractivity contribution in [2.75, 3.05) is 6.61 Å². The Morgan fingerprint density at radius 1 is 1.62 bits per heavy atom. The molecular weight excluding hydrogens is 143 g/mol. The van der Waals surface area contributed by atoms with Crippen LogP contribution in [0.1, 0.15) is 13.3 Å². The molecule has 0 saturated heterocycles. The van der Waals surface area contributed by atoms with E-state index in [-0.39, 0.29) is 0 Å².